The van der Waals surface area contributed by atoms with Crippen molar-refractivity contribution in [1.82, 2.24) is 20.4 Å². The zero-order valence-corrected chi connectivity index (χ0v) is 9.10. The van der Waals surface area contributed by atoms with Gasteiger partial charge in [-0.05, 0) is 18.6 Å². The number of carbonyl (C=O) groups is 1. The normalized spacial score (nSPS) is 17.9. The van der Waals surface area contributed by atoms with Crippen LogP contribution in [0.3, 0.4) is 0 Å². The molecule has 0 saturated carbocycles. The van der Waals surface area contributed by atoms with E-state index in [4.69, 9.17) is 11.6 Å². The summed E-state index contributed by atoms with van der Waals surface area (Å²) in [6.07, 6.45) is 0. The van der Waals surface area contributed by atoms with Crippen LogP contribution in [-0.4, -0.2) is 47.2 Å². The van der Waals surface area contributed by atoms with Gasteiger partial charge in [0.2, 0.25) is 9.47 Å². The number of nitrogens with zero attached hydrogens (tertiary/aromatic N) is 3. The molecule has 0 bridgehead atoms. The quantitative estimate of drug-likeness (QED) is 0.794. The van der Waals surface area contributed by atoms with Gasteiger partial charge in [0.1, 0.15) is 0 Å². The summed E-state index contributed by atoms with van der Waals surface area (Å²) in [6, 6.07) is 0.232. The zero-order chi connectivity index (χ0) is 10.1. The fraction of sp³-hybridized carbons (Fsp3) is 0.571. The first kappa shape index (κ1) is 9.82. The van der Waals surface area contributed by atoms with Crippen LogP contribution in [0.5, 0.6) is 0 Å². The summed E-state index contributed by atoms with van der Waals surface area (Å²) in [6.45, 7) is 1.77. The van der Waals surface area contributed by atoms with Gasteiger partial charge in [0.15, 0.2) is 0 Å². The molecule has 14 heavy (non-hydrogen) atoms. The lowest BCUT2D eigenvalue weighted by Gasteiger charge is -2.36. The number of likely N-dealkylation sites (N-methyl/N-ethyl adjacent to an activating group) is 1. The molecule has 0 atom stereocenters. The number of carbonyl (C=O) groups excluding carboxylic acids is 1. The molecular formula is C7H9ClN4OS. The smallest absolute Gasteiger partial charge is 0.282 e. The van der Waals surface area contributed by atoms with E-state index >= 15 is 0 Å². The van der Waals surface area contributed by atoms with Gasteiger partial charge in [-0.2, -0.15) is 0 Å². The molecule has 1 aromatic heterocycles. The van der Waals surface area contributed by atoms with Gasteiger partial charge < -0.3 is 10.2 Å². The van der Waals surface area contributed by atoms with Crippen molar-refractivity contribution in [3.05, 3.63) is 9.47 Å². The molecule has 2 heterocycles. The Hall–Kier alpha value is -0.720. The Morgan fingerprint density at radius 2 is 2.36 bits per heavy atom. The van der Waals surface area contributed by atoms with Crippen LogP contribution in [0.4, 0.5) is 0 Å². The molecule has 0 unspecified atom stereocenters. The number of likely N-dealkylation sites (tertiary alicyclic amines) is 1. The first-order valence-electron chi connectivity index (χ1n) is 4.13. The highest BCUT2D eigenvalue weighted by Crippen LogP contribution is 2.15. The largest absolute Gasteiger partial charge is 0.345 e. The molecule has 1 N–H and O–H groups in total. The zero-order valence-electron chi connectivity index (χ0n) is 7.53. The fourth-order valence-corrected chi connectivity index (χ4v) is 2.07. The van der Waals surface area contributed by atoms with Gasteiger partial charge in [0, 0.05) is 13.1 Å². The lowest BCUT2D eigenvalue weighted by atomic mass is 10.1. The van der Waals surface area contributed by atoms with E-state index < -0.39 is 0 Å². The molecule has 0 aliphatic carbocycles. The molecule has 1 saturated heterocycles. The molecule has 1 fully saturated rings. The summed E-state index contributed by atoms with van der Waals surface area (Å²) in [5, 5.41) is 10.4. The van der Waals surface area contributed by atoms with E-state index in [2.05, 4.69) is 20.4 Å². The van der Waals surface area contributed by atoms with Gasteiger partial charge in [-0.25, -0.2) is 0 Å². The van der Waals surface area contributed by atoms with Crippen molar-refractivity contribution in [3.63, 3.8) is 0 Å². The standard InChI is InChI=1S/C7H9ClN4OS/c1-12-2-4(3-12)9-5(13)6-10-11-7(8)14-6/h4H,2-3H2,1H3,(H,9,13). The number of hydrogen-bond donors (Lipinski definition) is 1. The van der Waals surface area contributed by atoms with Crippen LogP contribution in [0.2, 0.25) is 4.47 Å². The molecule has 5 nitrogen and oxygen atoms in total. The maximum atomic E-state index is 11.5. The van der Waals surface area contributed by atoms with Crippen LogP contribution in [0.15, 0.2) is 0 Å². The van der Waals surface area contributed by atoms with Gasteiger partial charge >= 0.3 is 0 Å². The molecule has 1 aromatic rings. The molecule has 2 rings (SSSR count). The first-order chi connectivity index (χ1) is 6.65. The summed E-state index contributed by atoms with van der Waals surface area (Å²) in [4.78, 5) is 13.6. The molecule has 0 radical (unpaired) electrons. The summed E-state index contributed by atoms with van der Waals surface area (Å²) in [5.74, 6) is -0.187. The first-order valence-corrected chi connectivity index (χ1v) is 5.33. The Labute approximate surface area is 90.1 Å². The molecule has 1 aliphatic heterocycles. The van der Waals surface area contributed by atoms with Crippen LogP contribution < -0.4 is 5.32 Å². The van der Waals surface area contributed by atoms with Crippen molar-refractivity contribution < 1.29 is 4.79 Å². The molecule has 1 amide bonds. The number of nitrogens with one attached hydrogen (secondary N) is 1. The van der Waals surface area contributed by atoms with E-state index in [0.29, 0.717) is 9.47 Å². The fourth-order valence-electron chi connectivity index (χ4n) is 1.33. The third kappa shape index (κ3) is 2.02. The van der Waals surface area contributed by atoms with Crippen LogP contribution in [0.25, 0.3) is 0 Å². The average molecular weight is 233 g/mol. The highest BCUT2D eigenvalue weighted by molar-refractivity contribution is 7.17. The summed E-state index contributed by atoms with van der Waals surface area (Å²) < 4.78 is 0.292. The van der Waals surface area contributed by atoms with Crippen molar-refractivity contribution in [2.45, 2.75) is 6.04 Å². The van der Waals surface area contributed by atoms with Crippen LogP contribution in [-0.2, 0) is 0 Å². The topological polar surface area (TPSA) is 58.1 Å². The number of rotatable bonds is 2. The Balaban J connectivity index is 1.90. The molecular weight excluding hydrogens is 224 g/mol. The van der Waals surface area contributed by atoms with Gasteiger partial charge in [-0.15, -0.1) is 10.2 Å². The van der Waals surface area contributed by atoms with Gasteiger partial charge in [-0.3, -0.25) is 4.79 Å². The Kier molecular flexibility index (Phi) is 2.66. The van der Waals surface area contributed by atoms with E-state index in [0.717, 1.165) is 24.4 Å². The maximum Gasteiger partial charge on any atom is 0.282 e. The predicted molar refractivity (Wildman–Crippen MR) is 53.7 cm³/mol. The van der Waals surface area contributed by atoms with Crippen LogP contribution >= 0.6 is 22.9 Å². The minimum absolute atomic E-state index is 0.187. The summed E-state index contributed by atoms with van der Waals surface area (Å²) >= 11 is 6.66. The number of aromatic nitrogens is 2. The minimum atomic E-state index is -0.187. The van der Waals surface area contributed by atoms with Crippen molar-refractivity contribution in [1.29, 1.82) is 0 Å². The SMILES string of the molecule is CN1CC(NC(=O)c2nnc(Cl)s2)C1. The Morgan fingerprint density at radius 3 is 2.86 bits per heavy atom. The summed E-state index contributed by atoms with van der Waals surface area (Å²) in [7, 11) is 2.00. The van der Waals surface area contributed by atoms with Gasteiger partial charge in [-0.1, -0.05) is 11.3 Å². The van der Waals surface area contributed by atoms with Crippen LogP contribution in [0.1, 0.15) is 9.80 Å². The second-order valence-corrected chi connectivity index (χ2v) is 4.81. The van der Waals surface area contributed by atoms with Crippen molar-refractivity contribution in [3.8, 4) is 0 Å². The predicted octanol–water partition coefficient (Wildman–Crippen LogP) is 0.235. The van der Waals surface area contributed by atoms with Crippen molar-refractivity contribution >= 4 is 28.8 Å². The molecule has 0 spiro atoms. The summed E-state index contributed by atoms with van der Waals surface area (Å²) in [5.41, 5.74) is 0. The second-order valence-electron chi connectivity index (χ2n) is 3.25. The van der Waals surface area contributed by atoms with Gasteiger partial charge in [0.25, 0.3) is 5.91 Å². The highest BCUT2D eigenvalue weighted by Gasteiger charge is 2.26. The highest BCUT2D eigenvalue weighted by atomic mass is 35.5. The van der Waals surface area contributed by atoms with E-state index in [9.17, 15) is 4.79 Å². The van der Waals surface area contributed by atoms with E-state index in [-0.39, 0.29) is 11.9 Å². The van der Waals surface area contributed by atoms with Gasteiger partial charge in [0.05, 0.1) is 6.04 Å². The third-order valence-corrected chi connectivity index (χ3v) is 3.01. The van der Waals surface area contributed by atoms with E-state index in [1.54, 1.807) is 0 Å². The molecule has 1 aliphatic rings. The van der Waals surface area contributed by atoms with Crippen LogP contribution in [0, 0.1) is 0 Å². The third-order valence-electron chi connectivity index (χ3n) is 1.99. The molecule has 0 aromatic carbocycles. The molecule has 7 heteroatoms. The number of hydrogen-bond acceptors (Lipinski definition) is 5. The van der Waals surface area contributed by atoms with Crippen molar-refractivity contribution in [2.24, 2.45) is 0 Å². The lowest BCUT2D eigenvalue weighted by molar-refractivity contribution is 0.0856. The van der Waals surface area contributed by atoms with E-state index in [1.165, 1.54) is 0 Å². The molecule has 76 valence electrons. The Morgan fingerprint density at radius 1 is 1.64 bits per heavy atom. The lowest BCUT2D eigenvalue weighted by Crippen LogP contribution is -2.57. The maximum absolute atomic E-state index is 11.5. The Bertz CT molecular complexity index is 349. The minimum Gasteiger partial charge on any atom is -0.345 e. The number of amides is 1. The second kappa shape index (κ2) is 3.80. The van der Waals surface area contributed by atoms with Crippen molar-refractivity contribution in [2.75, 3.05) is 20.1 Å². The van der Waals surface area contributed by atoms with E-state index in [1.807, 2.05) is 7.05 Å². The average Bonchev–Trinajstić information content (AvgIpc) is 2.49. The number of halogens is 1. The monoisotopic (exact) mass is 232 g/mol.